The molecule has 0 aromatic heterocycles. The van der Waals surface area contributed by atoms with Gasteiger partial charge in [-0.2, -0.15) is 0 Å². The molecule has 10 heteroatoms. The van der Waals surface area contributed by atoms with E-state index in [-0.39, 0.29) is 34.2 Å². The molecule has 1 heterocycles. The van der Waals surface area contributed by atoms with Gasteiger partial charge in [0.2, 0.25) is 0 Å². The summed E-state index contributed by atoms with van der Waals surface area (Å²) in [6.07, 6.45) is -2.53. The first kappa shape index (κ1) is 23.5. The molecule has 3 aliphatic rings. The number of fused-ring (bicyclic) bond motifs is 4. The predicted molar refractivity (Wildman–Crippen MR) is 119 cm³/mol. The van der Waals surface area contributed by atoms with E-state index in [1.165, 1.54) is 12.1 Å². The first-order chi connectivity index (χ1) is 16.6. The van der Waals surface area contributed by atoms with E-state index >= 15 is 0 Å². The number of ether oxygens (including phenoxy) is 2. The summed E-state index contributed by atoms with van der Waals surface area (Å²) in [5.74, 6) is -3.18. The average molecular weight is 484 g/mol. The largest absolute Gasteiger partial charge is 0.507 e. The minimum Gasteiger partial charge on any atom is -0.507 e. The van der Waals surface area contributed by atoms with Crippen LogP contribution in [0.3, 0.4) is 0 Å². The summed E-state index contributed by atoms with van der Waals surface area (Å²) in [5.41, 5.74) is -0.937. The van der Waals surface area contributed by atoms with Gasteiger partial charge in [0, 0.05) is 23.1 Å². The Bertz CT molecular complexity index is 1280. The van der Waals surface area contributed by atoms with Crippen LogP contribution in [0.15, 0.2) is 24.3 Å². The Balaban J connectivity index is 1.76. The predicted octanol–water partition coefficient (Wildman–Crippen LogP) is 1.89. The minimum atomic E-state index is -1.52. The molecule has 5 atom stereocenters. The molecular formula is C25H24O10. The lowest BCUT2D eigenvalue weighted by Crippen LogP contribution is -2.39. The molecule has 35 heavy (non-hydrogen) atoms. The number of benzene rings is 2. The maximum absolute atomic E-state index is 12.6. The molecule has 0 spiro atoms. The van der Waals surface area contributed by atoms with E-state index in [1.54, 1.807) is 6.92 Å². The molecule has 0 bridgehead atoms. The molecule has 6 N–H and O–H groups in total. The maximum Gasteiger partial charge on any atom is 0.190 e. The van der Waals surface area contributed by atoms with E-state index in [0.29, 0.717) is 6.42 Å². The highest BCUT2D eigenvalue weighted by Crippen LogP contribution is 2.58. The van der Waals surface area contributed by atoms with E-state index in [0.717, 1.165) is 12.2 Å². The maximum atomic E-state index is 12.6. The third-order valence-corrected chi connectivity index (χ3v) is 6.80. The molecular weight excluding hydrogens is 460 g/mol. The first-order valence-electron chi connectivity index (χ1n) is 11.2. The van der Waals surface area contributed by atoms with Gasteiger partial charge in [-0.3, -0.25) is 9.59 Å². The van der Waals surface area contributed by atoms with Gasteiger partial charge in [-0.15, -0.1) is 0 Å². The topological polar surface area (TPSA) is 174 Å². The number of hydrogen-bond acceptors (Lipinski definition) is 10. The number of phenols is 3. The van der Waals surface area contributed by atoms with Crippen LogP contribution < -0.4 is 0 Å². The monoisotopic (exact) mass is 484 g/mol. The second-order valence-electron chi connectivity index (χ2n) is 8.95. The standard InChI is InChI=1S/C25H24O10/c1-9-12(27)4-5-16(34-9)35-25-21-20(17-11(22(25)31)6-10(8-26)7-15(17)30)23(32)18-13(28)2-3-14(29)19(18)24(21)33/h2-3,6-7,9,12,16,22,25-27,30-33H,4-5,8H2,1H3/t9-,12-,16-,22-,25-/m0/s1. The van der Waals surface area contributed by atoms with Crippen LogP contribution in [0.2, 0.25) is 0 Å². The molecule has 184 valence electrons. The number of allylic oxidation sites excluding steroid dienone is 2. The average Bonchev–Trinajstić information content (AvgIpc) is 2.82. The van der Waals surface area contributed by atoms with Crippen molar-refractivity contribution in [3.63, 3.8) is 0 Å². The van der Waals surface area contributed by atoms with Crippen molar-refractivity contribution in [1.82, 2.24) is 0 Å². The number of aliphatic hydroxyl groups is 3. The van der Waals surface area contributed by atoms with Crippen molar-refractivity contribution >= 4 is 11.6 Å². The Morgan fingerprint density at radius 2 is 1.60 bits per heavy atom. The number of carbonyl (C=O) groups is 2. The molecule has 2 aliphatic carbocycles. The van der Waals surface area contributed by atoms with Gasteiger partial charge in [-0.05, 0) is 48.8 Å². The zero-order valence-corrected chi connectivity index (χ0v) is 18.6. The van der Waals surface area contributed by atoms with Crippen molar-refractivity contribution < 1.29 is 49.7 Å². The Hall–Kier alpha value is -3.28. The highest BCUT2D eigenvalue weighted by molar-refractivity contribution is 6.25. The lowest BCUT2D eigenvalue weighted by atomic mass is 9.76. The summed E-state index contributed by atoms with van der Waals surface area (Å²) in [5, 5.41) is 64.1. The molecule has 0 saturated carbocycles. The summed E-state index contributed by atoms with van der Waals surface area (Å²) >= 11 is 0. The Morgan fingerprint density at radius 1 is 0.943 bits per heavy atom. The van der Waals surface area contributed by atoms with Crippen LogP contribution in [0.4, 0.5) is 0 Å². The minimum absolute atomic E-state index is 0.0664. The van der Waals surface area contributed by atoms with Crippen LogP contribution in [0.25, 0.3) is 11.1 Å². The zero-order chi connectivity index (χ0) is 25.2. The van der Waals surface area contributed by atoms with Crippen molar-refractivity contribution in [3.8, 4) is 28.4 Å². The third kappa shape index (κ3) is 3.53. The van der Waals surface area contributed by atoms with Crippen molar-refractivity contribution in [3.05, 3.63) is 52.1 Å². The van der Waals surface area contributed by atoms with Crippen LogP contribution in [-0.4, -0.2) is 60.7 Å². The number of rotatable bonds is 3. The second kappa shape index (κ2) is 8.43. The van der Waals surface area contributed by atoms with Gasteiger partial charge in [0.1, 0.15) is 29.5 Å². The zero-order valence-electron chi connectivity index (χ0n) is 18.6. The van der Waals surface area contributed by atoms with Crippen LogP contribution in [-0.2, 0) is 16.1 Å². The molecule has 10 nitrogen and oxygen atoms in total. The smallest absolute Gasteiger partial charge is 0.190 e. The normalized spacial score (nSPS) is 27.4. The molecule has 0 amide bonds. The van der Waals surface area contributed by atoms with Gasteiger partial charge in [-0.25, -0.2) is 0 Å². The second-order valence-corrected chi connectivity index (χ2v) is 8.95. The molecule has 1 aliphatic heterocycles. The van der Waals surface area contributed by atoms with Crippen molar-refractivity contribution in [2.75, 3.05) is 0 Å². The van der Waals surface area contributed by atoms with Crippen LogP contribution in [0.1, 0.15) is 69.4 Å². The van der Waals surface area contributed by atoms with E-state index in [2.05, 4.69) is 0 Å². The number of hydrogen-bond donors (Lipinski definition) is 6. The van der Waals surface area contributed by atoms with E-state index in [1.807, 2.05) is 0 Å². The molecule has 0 unspecified atom stereocenters. The summed E-state index contributed by atoms with van der Waals surface area (Å²) < 4.78 is 11.7. The SMILES string of the molecule is C[C@@H]1O[C@@H](O[C@H]2c3c(O)c4c(c(O)c3-c3c(O)cc(CO)cc3[C@@H]2O)C(=O)C=CC4=O)CC[C@@H]1O. The van der Waals surface area contributed by atoms with Gasteiger partial charge in [0.05, 0.1) is 29.9 Å². The van der Waals surface area contributed by atoms with Crippen molar-refractivity contribution in [2.24, 2.45) is 0 Å². The van der Waals surface area contributed by atoms with Crippen LogP contribution >= 0.6 is 0 Å². The summed E-state index contributed by atoms with van der Waals surface area (Å²) in [4.78, 5) is 25.2. The summed E-state index contributed by atoms with van der Waals surface area (Å²) in [6.45, 7) is 1.20. The number of ketones is 2. The lowest BCUT2D eigenvalue weighted by Gasteiger charge is -2.39. The fourth-order valence-corrected chi connectivity index (χ4v) is 5.04. The molecule has 1 saturated heterocycles. The van der Waals surface area contributed by atoms with Crippen molar-refractivity contribution in [2.45, 2.75) is 57.1 Å². The molecule has 1 fully saturated rings. The lowest BCUT2D eigenvalue weighted by molar-refractivity contribution is -0.249. The molecule has 5 rings (SSSR count). The Kier molecular flexibility index (Phi) is 5.65. The Labute approximate surface area is 199 Å². The fourth-order valence-electron chi connectivity index (χ4n) is 5.04. The molecule has 0 radical (unpaired) electrons. The fraction of sp³-hybridized carbons (Fsp3) is 0.360. The summed E-state index contributed by atoms with van der Waals surface area (Å²) in [7, 11) is 0. The number of aliphatic hydroxyl groups excluding tert-OH is 3. The van der Waals surface area contributed by atoms with Crippen LogP contribution in [0.5, 0.6) is 17.2 Å². The van der Waals surface area contributed by atoms with Gasteiger partial charge in [0.25, 0.3) is 0 Å². The van der Waals surface area contributed by atoms with E-state index in [4.69, 9.17) is 9.47 Å². The third-order valence-electron chi connectivity index (χ3n) is 6.80. The van der Waals surface area contributed by atoms with Crippen LogP contribution in [0, 0.1) is 0 Å². The van der Waals surface area contributed by atoms with Gasteiger partial charge in [-0.1, -0.05) is 0 Å². The first-order valence-corrected chi connectivity index (χ1v) is 11.2. The number of aromatic hydroxyl groups is 3. The highest BCUT2D eigenvalue weighted by Gasteiger charge is 2.44. The molecule has 2 aromatic carbocycles. The van der Waals surface area contributed by atoms with Gasteiger partial charge in [0.15, 0.2) is 17.9 Å². The van der Waals surface area contributed by atoms with Gasteiger partial charge < -0.3 is 40.1 Å². The summed E-state index contributed by atoms with van der Waals surface area (Å²) in [6, 6.07) is 2.64. The number of carbonyl (C=O) groups excluding carboxylic acids is 2. The quantitative estimate of drug-likeness (QED) is 0.353. The Morgan fingerprint density at radius 3 is 2.23 bits per heavy atom. The number of phenolic OH excluding ortho intramolecular Hbond substituents is 3. The van der Waals surface area contributed by atoms with Crippen molar-refractivity contribution in [1.29, 1.82) is 0 Å². The molecule has 2 aromatic rings. The highest BCUT2D eigenvalue weighted by atomic mass is 16.7. The van der Waals surface area contributed by atoms with E-state index in [9.17, 15) is 40.2 Å². The van der Waals surface area contributed by atoms with E-state index < -0.39 is 77.3 Å². The van der Waals surface area contributed by atoms with Gasteiger partial charge >= 0.3 is 0 Å².